The molecule has 33 heavy (non-hydrogen) atoms. The number of amides is 1. The molecule has 1 saturated carbocycles. The lowest BCUT2D eigenvalue weighted by Gasteiger charge is -2.33. The van der Waals surface area contributed by atoms with Gasteiger partial charge in [-0.2, -0.15) is 0 Å². The fourth-order valence-corrected chi connectivity index (χ4v) is 5.59. The fraction of sp³-hybridized carbons (Fsp3) is 0.538. The third kappa shape index (κ3) is 4.44. The van der Waals surface area contributed by atoms with Gasteiger partial charge in [0.15, 0.2) is 0 Å². The smallest absolute Gasteiger partial charge is 0.230 e. The highest BCUT2D eigenvalue weighted by molar-refractivity contribution is 6.00. The number of nitrogens with one attached hydrogen (secondary N) is 1. The van der Waals surface area contributed by atoms with E-state index in [1.165, 1.54) is 0 Å². The maximum absolute atomic E-state index is 13.9. The molecule has 1 amide bonds. The molecule has 176 valence electrons. The van der Waals surface area contributed by atoms with Crippen molar-refractivity contribution in [3.05, 3.63) is 42.1 Å². The van der Waals surface area contributed by atoms with E-state index in [4.69, 9.17) is 9.47 Å². The van der Waals surface area contributed by atoms with Crippen molar-refractivity contribution in [2.45, 2.75) is 57.2 Å². The van der Waals surface area contributed by atoms with Crippen molar-refractivity contribution in [3.8, 4) is 0 Å². The minimum atomic E-state index is 0.0270. The van der Waals surface area contributed by atoms with E-state index < -0.39 is 0 Å². The highest BCUT2D eigenvalue weighted by Gasteiger charge is 2.34. The molecule has 3 aliphatic rings. The van der Waals surface area contributed by atoms with E-state index in [1.54, 1.807) is 20.4 Å². The SMILES string of the molecule is COC[C@@H]1CCCN1c1ccc2c(c1)N(C(=O)C1CCC(OC)CC1)Cc1cccnc1N2. The summed E-state index contributed by atoms with van der Waals surface area (Å²) in [5.74, 6) is 1.05. The Hall–Kier alpha value is -2.64. The Kier molecular flexibility index (Phi) is 6.51. The molecule has 2 aliphatic heterocycles. The first kappa shape index (κ1) is 22.2. The lowest BCUT2D eigenvalue weighted by molar-refractivity contribution is -0.124. The van der Waals surface area contributed by atoms with E-state index in [2.05, 4.69) is 39.5 Å². The average Bonchev–Trinajstić information content (AvgIpc) is 3.25. The van der Waals surface area contributed by atoms with Crippen LogP contribution in [0.15, 0.2) is 36.5 Å². The van der Waals surface area contributed by atoms with Gasteiger partial charge in [0.1, 0.15) is 5.82 Å². The quantitative estimate of drug-likeness (QED) is 0.724. The number of hydrogen-bond donors (Lipinski definition) is 1. The number of fused-ring (bicyclic) bond motifs is 2. The van der Waals surface area contributed by atoms with Crippen molar-refractivity contribution in [2.75, 3.05) is 42.5 Å². The Morgan fingerprint density at radius 1 is 1.15 bits per heavy atom. The lowest BCUT2D eigenvalue weighted by Crippen LogP contribution is -2.38. The molecule has 7 nitrogen and oxygen atoms in total. The number of carbonyl (C=O) groups is 1. The Balaban J connectivity index is 1.49. The number of anilines is 4. The summed E-state index contributed by atoms with van der Waals surface area (Å²) < 4.78 is 11.0. The van der Waals surface area contributed by atoms with Gasteiger partial charge in [0.2, 0.25) is 5.91 Å². The number of methoxy groups -OCH3 is 2. The first-order valence-corrected chi connectivity index (χ1v) is 12.1. The molecule has 0 unspecified atom stereocenters. The van der Waals surface area contributed by atoms with Gasteiger partial charge in [-0.1, -0.05) is 6.07 Å². The maximum Gasteiger partial charge on any atom is 0.230 e. The number of aromatic nitrogens is 1. The summed E-state index contributed by atoms with van der Waals surface area (Å²) in [5, 5.41) is 3.49. The maximum atomic E-state index is 13.9. The van der Waals surface area contributed by atoms with Crippen LogP contribution in [0.1, 0.15) is 44.1 Å². The Morgan fingerprint density at radius 3 is 2.79 bits per heavy atom. The number of ether oxygens (including phenoxy) is 2. The molecule has 2 fully saturated rings. The van der Waals surface area contributed by atoms with Crippen molar-refractivity contribution in [2.24, 2.45) is 5.92 Å². The summed E-state index contributed by atoms with van der Waals surface area (Å²) in [6.45, 7) is 2.25. The summed E-state index contributed by atoms with van der Waals surface area (Å²) in [4.78, 5) is 22.8. The van der Waals surface area contributed by atoms with Gasteiger partial charge in [-0.05, 0) is 62.8 Å². The molecular weight excluding hydrogens is 416 g/mol. The summed E-state index contributed by atoms with van der Waals surface area (Å²) in [6.07, 6.45) is 7.98. The van der Waals surface area contributed by atoms with E-state index in [1.807, 2.05) is 11.0 Å². The number of nitrogens with zero attached hydrogens (tertiary/aromatic N) is 3. The summed E-state index contributed by atoms with van der Waals surface area (Å²) in [5.41, 5.74) is 4.05. The number of carbonyl (C=O) groups excluding carboxylic acids is 1. The predicted molar refractivity (Wildman–Crippen MR) is 130 cm³/mol. The predicted octanol–water partition coefficient (Wildman–Crippen LogP) is 4.49. The van der Waals surface area contributed by atoms with Gasteiger partial charge in [-0.15, -0.1) is 0 Å². The van der Waals surface area contributed by atoms with Crippen molar-refractivity contribution in [3.63, 3.8) is 0 Å². The second-order valence-electron chi connectivity index (χ2n) is 9.42. The second kappa shape index (κ2) is 9.69. The van der Waals surface area contributed by atoms with Crippen LogP contribution in [-0.4, -0.2) is 50.4 Å². The van der Waals surface area contributed by atoms with Crippen LogP contribution in [0.25, 0.3) is 0 Å². The van der Waals surface area contributed by atoms with Gasteiger partial charge in [0.05, 0.1) is 36.7 Å². The first-order valence-electron chi connectivity index (χ1n) is 12.1. The van der Waals surface area contributed by atoms with Gasteiger partial charge in [0, 0.05) is 44.1 Å². The Bertz CT molecular complexity index is 989. The number of hydrogen-bond acceptors (Lipinski definition) is 6. The molecule has 7 heteroatoms. The molecular formula is C26H34N4O3. The topological polar surface area (TPSA) is 66.9 Å². The van der Waals surface area contributed by atoms with Crippen LogP contribution >= 0.6 is 0 Å². The summed E-state index contributed by atoms with van der Waals surface area (Å²) >= 11 is 0. The number of pyridine rings is 1. The largest absolute Gasteiger partial charge is 0.383 e. The first-order chi connectivity index (χ1) is 16.2. The Labute approximate surface area is 196 Å². The molecule has 1 atom stereocenters. The zero-order valence-corrected chi connectivity index (χ0v) is 19.6. The molecule has 1 aromatic heterocycles. The zero-order chi connectivity index (χ0) is 22.8. The molecule has 5 rings (SSSR count). The molecule has 0 spiro atoms. The monoisotopic (exact) mass is 450 g/mol. The van der Waals surface area contributed by atoms with Crippen LogP contribution in [0.2, 0.25) is 0 Å². The molecule has 1 N–H and O–H groups in total. The minimum Gasteiger partial charge on any atom is -0.383 e. The molecule has 1 aromatic carbocycles. The van der Waals surface area contributed by atoms with Crippen molar-refractivity contribution >= 4 is 28.8 Å². The standard InChI is InChI=1S/C26H34N4O3/c1-32-17-21-6-4-14-29(21)20-9-12-23-24(15-20)30(16-19-5-3-13-27-25(19)28-23)26(31)18-7-10-22(33-2)11-8-18/h3,5,9,12-13,15,18,21-22H,4,6-8,10-11,14,16-17H2,1-2H3,(H,27,28)/t18?,21-,22?/m0/s1. The summed E-state index contributed by atoms with van der Waals surface area (Å²) in [6, 6.07) is 10.8. The molecule has 0 bridgehead atoms. The average molecular weight is 451 g/mol. The number of benzene rings is 1. The van der Waals surface area contributed by atoms with Gasteiger partial charge >= 0.3 is 0 Å². The van der Waals surface area contributed by atoms with Crippen LogP contribution in [-0.2, 0) is 20.8 Å². The van der Waals surface area contributed by atoms with Gasteiger partial charge in [0.25, 0.3) is 0 Å². The normalized spacial score (nSPS) is 24.6. The van der Waals surface area contributed by atoms with E-state index >= 15 is 0 Å². The van der Waals surface area contributed by atoms with Crippen LogP contribution in [0.4, 0.5) is 22.9 Å². The molecule has 1 saturated heterocycles. The van der Waals surface area contributed by atoms with Crippen LogP contribution in [0.5, 0.6) is 0 Å². The zero-order valence-electron chi connectivity index (χ0n) is 19.6. The summed E-state index contributed by atoms with van der Waals surface area (Å²) in [7, 11) is 3.53. The highest BCUT2D eigenvalue weighted by atomic mass is 16.5. The fourth-order valence-electron chi connectivity index (χ4n) is 5.59. The third-order valence-electron chi connectivity index (χ3n) is 7.44. The van der Waals surface area contributed by atoms with Crippen molar-refractivity contribution in [1.29, 1.82) is 0 Å². The van der Waals surface area contributed by atoms with Crippen LogP contribution < -0.4 is 15.1 Å². The highest BCUT2D eigenvalue weighted by Crippen LogP contribution is 2.40. The third-order valence-corrected chi connectivity index (χ3v) is 7.44. The van der Waals surface area contributed by atoms with Crippen LogP contribution in [0.3, 0.4) is 0 Å². The number of rotatable bonds is 5. The van der Waals surface area contributed by atoms with E-state index in [0.29, 0.717) is 12.6 Å². The van der Waals surface area contributed by atoms with Gasteiger partial charge in [-0.3, -0.25) is 4.79 Å². The van der Waals surface area contributed by atoms with Crippen LogP contribution in [0, 0.1) is 5.92 Å². The van der Waals surface area contributed by atoms with Crippen molar-refractivity contribution in [1.82, 2.24) is 4.98 Å². The molecule has 0 radical (unpaired) electrons. The Morgan fingerprint density at radius 2 is 2.00 bits per heavy atom. The van der Waals surface area contributed by atoms with E-state index in [9.17, 15) is 4.79 Å². The lowest BCUT2D eigenvalue weighted by atomic mass is 9.86. The van der Waals surface area contributed by atoms with E-state index in [-0.39, 0.29) is 17.9 Å². The molecule has 3 heterocycles. The second-order valence-corrected chi connectivity index (χ2v) is 9.42. The van der Waals surface area contributed by atoms with Gasteiger partial charge in [-0.25, -0.2) is 4.98 Å². The minimum absolute atomic E-state index is 0.0270. The molecule has 1 aliphatic carbocycles. The molecule has 2 aromatic rings. The van der Waals surface area contributed by atoms with Crippen molar-refractivity contribution < 1.29 is 14.3 Å². The van der Waals surface area contributed by atoms with E-state index in [0.717, 1.165) is 80.1 Å². The van der Waals surface area contributed by atoms with Gasteiger partial charge < -0.3 is 24.6 Å².